The fraction of sp³-hybridized carbons (Fsp3) is 0.227. The Balaban J connectivity index is 1.52. The molecular weight excluding hydrogens is 472 g/mol. The quantitative estimate of drug-likeness (QED) is 0.448. The molecule has 0 saturated heterocycles. The minimum atomic E-state index is -3.75. The number of halogens is 2. The number of ketones is 1. The summed E-state index contributed by atoms with van der Waals surface area (Å²) in [6.45, 7) is 1.51. The van der Waals surface area contributed by atoms with Crippen molar-refractivity contribution < 1.29 is 26.8 Å². The lowest BCUT2D eigenvalue weighted by molar-refractivity contribution is -0.116. The Morgan fingerprint density at radius 2 is 1.79 bits per heavy atom. The maximum Gasteiger partial charge on any atom is 0.242 e. The number of carbonyl (C=O) groups is 2. The van der Waals surface area contributed by atoms with E-state index in [4.69, 9.17) is 0 Å². The minimum absolute atomic E-state index is 0.0588. The standard InChI is InChI=1S/C22H21F2N3O4S2/c1-14(28)15-5-8-17(9-6-15)33(30,31)27(2)11-3-4-21(29)26-22-25-20(13-32-22)16-7-10-18(23)19(24)12-16/h5-10,12-13H,3-4,11H2,1-2H3,(H,25,26,29). The molecule has 7 nitrogen and oxygen atoms in total. The van der Waals surface area contributed by atoms with E-state index in [1.807, 2.05) is 0 Å². The number of thiazole rings is 1. The number of hydrogen-bond donors (Lipinski definition) is 1. The highest BCUT2D eigenvalue weighted by Crippen LogP contribution is 2.26. The number of Topliss-reactive ketones (excluding diaryl/α,β-unsaturated/α-hetero) is 1. The van der Waals surface area contributed by atoms with Crippen LogP contribution in [-0.4, -0.2) is 43.0 Å². The van der Waals surface area contributed by atoms with Gasteiger partial charge in [-0.1, -0.05) is 12.1 Å². The Kier molecular flexibility index (Phi) is 7.67. The second-order valence-corrected chi connectivity index (χ2v) is 10.1. The lowest BCUT2D eigenvalue weighted by Gasteiger charge is -2.17. The number of benzene rings is 2. The van der Waals surface area contributed by atoms with E-state index in [0.717, 1.165) is 27.8 Å². The van der Waals surface area contributed by atoms with Crippen LogP contribution in [0.1, 0.15) is 30.1 Å². The van der Waals surface area contributed by atoms with Gasteiger partial charge in [0.05, 0.1) is 10.6 Å². The fourth-order valence-electron chi connectivity index (χ4n) is 2.92. The number of nitrogens with zero attached hydrogens (tertiary/aromatic N) is 2. The van der Waals surface area contributed by atoms with E-state index in [9.17, 15) is 26.8 Å². The Labute approximate surface area is 194 Å². The molecule has 1 N–H and O–H groups in total. The molecule has 3 aromatic rings. The van der Waals surface area contributed by atoms with Crippen LogP contribution in [-0.2, 0) is 14.8 Å². The molecule has 33 heavy (non-hydrogen) atoms. The summed E-state index contributed by atoms with van der Waals surface area (Å²) in [6.07, 6.45) is 0.331. The molecule has 0 saturated carbocycles. The van der Waals surface area contributed by atoms with Crippen LogP contribution >= 0.6 is 11.3 Å². The van der Waals surface area contributed by atoms with E-state index in [0.29, 0.717) is 22.0 Å². The summed E-state index contributed by atoms with van der Waals surface area (Å²) in [6, 6.07) is 9.09. The van der Waals surface area contributed by atoms with Gasteiger partial charge in [0, 0.05) is 36.5 Å². The highest BCUT2D eigenvalue weighted by molar-refractivity contribution is 7.89. The fourth-order valence-corrected chi connectivity index (χ4v) is 4.87. The van der Waals surface area contributed by atoms with Crippen LogP contribution in [0.15, 0.2) is 52.7 Å². The molecule has 0 aliphatic carbocycles. The van der Waals surface area contributed by atoms with Crippen molar-refractivity contribution in [3.8, 4) is 11.3 Å². The van der Waals surface area contributed by atoms with Gasteiger partial charge in [0.25, 0.3) is 0 Å². The van der Waals surface area contributed by atoms with Crippen molar-refractivity contribution in [1.82, 2.24) is 9.29 Å². The van der Waals surface area contributed by atoms with Crippen molar-refractivity contribution in [2.24, 2.45) is 0 Å². The summed E-state index contributed by atoms with van der Waals surface area (Å²) in [5.41, 5.74) is 1.20. The van der Waals surface area contributed by atoms with E-state index >= 15 is 0 Å². The summed E-state index contributed by atoms with van der Waals surface area (Å²) in [4.78, 5) is 27.8. The predicted molar refractivity (Wildman–Crippen MR) is 122 cm³/mol. The van der Waals surface area contributed by atoms with Crippen LogP contribution in [0.2, 0.25) is 0 Å². The molecular formula is C22H21F2N3O4S2. The molecule has 0 aliphatic rings. The molecule has 0 unspecified atom stereocenters. The lowest BCUT2D eigenvalue weighted by Crippen LogP contribution is -2.28. The number of nitrogens with one attached hydrogen (secondary N) is 1. The smallest absolute Gasteiger partial charge is 0.242 e. The first-order valence-electron chi connectivity index (χ1n) is 9.86. The number of aromatic nitrogens is 1. The van der Waals surface area contributed by atoms with Crippen molar-refractivity contribution in [3.05, 3.63) is 65.0 Å². The Bertz CT molecular complexity index is 1280. The Hall–Kier alpha value is -3.02. The SMILES string of the molecule is CC(=O)c1ccc(S(=O)(=O)N(C)CCCC(=O)Nc2nc(-c3ccc(F)c(F)c3)cs2)cc1. The van der Waals surface area contributed by atoms with E-state index in [1.165, 1.54) is 44.3 Å². The normalized spacial score (nSPS) is 11.5. The van der Waals surface area contributed by atoms with Crippen LogP contribution in [0.5, 0.6) is 0 Å². The van der Waals surface area contributed by atoms with E-state index in [2.05, 4.69) is 10.3 Å². The van der Waals surface area contributed by atoms with Gasteiger partial charge in [-0.05, 0) is 43.7 Å². The number of carbonyl (C=O) groups excluding carboxylic acids is 2. The third-order valence-corrected chi connectivity index (χ3v) is 7.44. The van der Waals surface area contributed by atoms with Crippen LogP contribution in [0.3, 0.4) is 0 Å². The lowest BCUT2D eigenvalue weighted by atomic mass is 10.2. The summed E-state index contributed by atoms with van der Waals surface area (Å²) in [5, 5.41) is 4.53. The second kappa shape index (κ2) is 10.3. The maximum atomic E-state index is 13.4. The first kappa shape index (κ1) is 24.6. The van der Waals surface area contributed by atoms with Gasteiger partial charge in [-0.25, -0.2) is 26.5 Å². The molecule has 3 rings (SSSR count). The zero-order chi connectivity index (χ0) is 24.2. The third kappa shape index (κ3) is 6.06. The molecule has 0 fully saturated rings. The van der Waals surface area contributed by atoms with Crippen molar-refractivity contribution in [3.63, 3.8) is 0 Å². The largest absolute Gasteiger partial charge is 0.302 e. The van der Waals surface area contributed by atoms with Gasteiger partial charge in [0.1, 0.15) is 0 Å². The summed E-state index contributed by atoms with van der Waals surface area (Å²) in [5.74, 6) is -2.45. The summed E-state index contributed by atoms with van der Waals surface area (Å²) >= 11 is 1.14. The van der Waals surface area contributed by atoms with Gasteiger partial charge in [0.2, 0.25) is 15.9 Å². The molecule has 0 atom stereocenters. The third-order valence-electron chi connectivity index (χ3n) is 4.81. The van der Waals surface area contributed by atoms with Crippen molar-refractivity contribution in [2.45, 2.75) is 24.7 Å². The van der Waals surface area contributed by atoms with Crippen LogP contribution in [0.4, 0.5) is 13.9 Å². The second-order valence-electron chi connectivity index (χ2n) is 7.23. The first-order valence-corrected chi connectivity index (χ1v) is 12.2. The number of hydrogen-bond acceptors (Lipinski definition) is 6. The molecule has 0 bridgehead atoms. The minimum Gasteiger partial charge on any atom is -0.302 e. The zero-order valence-corrected chi connectivity index (χ0v) is 19.5. The molecule has 1 heterocycles. The van der Waals surface area contributed by atoms with Crippen LogP contribution in [0.25, 0.3) is 11.3 Å². The summed E-state index contributed by atoms with van der Waals surface area (Å²) in [7, 11) is -2.33. The monoisotopic (exact) mass is 493 g/mol. The van der Waals surface area contributed by atoms with Gasteiger partial charge in [0.15, 0.2) is 22.5 Å². The topological polar surface area (TPSA) is 96.4 Å². The number of rotatable bonds is 9. The zero-order valence-electron chi connectivity index (χ0n) is 17.8. The van der Waals surface area contributed by atoms with Crippen molar-refractivity contribution in [2.75, 3.05) is 18.9 Å². The van der Waals surface area contributed by atoms with Crippen LogP contribution < -0.4 is 5.32 Å². The molecule has 174 valence electrons. The van der Waals surface area contributed by atoms with Gasteiger partial charge >= 0.3 is 0 Å². The number of sulfonamides is 1. The highest BCUT2D eigenvalue weighted by Gasteiger charge is 2.21. The Morgan fingerprint density at radius 1 is 1.09 bits per heavy atom. The van der Waals surface area contributed by atoms with Crippen molar-refractivity contribution in [1.29, 1.82) is 0 Å². The van der Waals surface area contributed by atoms with Crippen molar-refractivity contribution >= 4 is 38.2 Å². The van der Waals surface area contributed by atoms with E-state index in [1.54, 1.807) is 5.38 Å². The average molecular weight is 494 g/mol. The molecule has 0 radical (unpaired) electrons. The highest BCUT2D eigenvalue weighted by atomic mass is 32.2. The molecule has 1 aromatic heterocycles. The number of amides is 1. The van der Waals surface area contributed by atoms with Crippen LogP contribution in [0, 0.1) is 11.6 Å². The summed E-state index contributed by atoms with van der Waals surface area (Å²) < 4.78 is 52.9. The predicted octanol–water partition coefficient (Wildman–Crippen LogP) is 4.33. The Morgan fingerprint density at radius 3 is 2.42 bits per heavy atom. The molecule has 11 heteroatoms. The van der Waals surface area contributed by atoms with Gasteiger partial charge in [-0.15, -0.1) is 11.3 Å². The molecule has 2 aromatic carbocycles. The molecule has 1 amide bonds. The molecule has 0 aliphatic heterocycles. The van der Waals surface area contributed by atoms with Gasteiger partial charge in [-0.2, -0.15) is 0 Å². The van der Waals surface area contributed by atoms with E-state index in [-0.39, 0.29) is 36.0 Å². The average Bonchev–Trinajstić information content (AvgIpc) is 3.23. The first-order chi connectivity index (χ1) is 15.6. The van der Waals surface area contributed by atoms with Gasteiger partial charge < -0.3 is 5.32 Å². The van der Waals surface area contributed by atoms with E-state index < -0.39 is 21.7 Å². The van der Waals surface area contributed by atoms with Gasteiger partial charge in [-0.3, -0.25) is 9.59 Å². The molecule has 0 spiro atoms. The maximum absolute atomic E-state index is 13.4. The number of anilines is 1.